The summed E-state index contributed by atoms with van der Waals surface area (Å²) < 4.78 is 15.4. The van der Waals surface area contributed by atoms with Gasteiger partial charge in [-0.05, 0) is 59.0 Å². The quantitative estimate of drug-likeness (QED) is 0.145. The van der Waals surface area contributed by atoms with Crippen LogP contribution in [0.4, 0.5) is 9.59 Å². The Balaban J connectivity index is 1.61. The van der Waals surface area contributed by atoms with E-state index in [4.69, 9.17) is 14.2 Å². The summed E-state index contributed by atoms with van der Waals surface area (Å²) in [5.74, 6) is -1.03. The van der Waals surface area contributed by atoms with E-state index in [1.165, 1.54) is 7.11 Å². The molecule has 0 saturated heterocycles. The molecule has 46 heavy (non-hydrogen) atoms. The van der Waals surface area contributed by atoms with Crippen molar-refractivity contribution >= 4 is 52.7 Å². The van der Waals surface area contributed by atoms with Crippen LogP contribution in [0, 0.1) is 0 Å². The van der Waals surface area contributed by atoms with Gasteiger partial charge in [-0.2, -0.15) is 11.8 Å². The molecule has 3 aromatic rings. The van der Waals surface area contributed by atoms with Gasteiger partial charge < -0.3 is 30.2 Å². The molecule has 0 radical (unpaired) electrons. The molecule has 0 bridgehead atoms. The van der Waals surface area contributed by atoms with Crippen molar-refractivity contribution in [3.05, 3.63) is 107 Å². The second kappa shape index (κ2) is 19.8. The van der Waals surface area contributed by atoms with E-state index in [1.807, 2.05) is 54.8 Å². The van der Waals surface area contributed by atoms with E-state index in [-0.39, 0.29) is 25.5 Å². The van der Waals surface area contributed by atoms with Crippen molar-refractivity contribution in [3.8, 4) is 0 Å². The van der Waals surface area contributed by atoms with E-state index in [1.54, 1.807) is 48.2 Å². The Kier molecular flexibility index (Phi) is 15.5. The highest BCUT2D eigenvalue weighted by molar-refractivity contribution is 8.13. The summed E-state index contributed by atoms with van der Waals surface area (Å²) in [5, 5.41) is 7.36. The van der Waals surface area contributed by atoms with Gasteiger partial charge in [-0.1, -0.05) is 72.8 Å². The second-order valence-electron chi connectivity index (χ2n) is 9.84. The van der Waals surface area contributed by atoms with Crippen LogP contribution < -0.4 is 16.0 Å². The highest BCUT2D eigenvalue weighted by Gasteiger charge is 2.24. The zero-order valence-electron chi connectivity index (χ0n) is 25.6. The number of carbonyl (C=O) groups excluding carboxylic acids is 5. The number of esters is 1. The van der Waals surface area contributed by atoms with E-state index >= 15 is 0 Å². The number of hydrogen-bond donors (Lipinski definition) is 3. The van der Waals surface area contributed by atoms with E-state index in [0.717, 1.165) is 22.9 Å². The largest absolute Gasteiger partial charge is 0.467 e. The van der Waals surface area contributed by atoms with E-state index in [0.29, 0.717) is 23.3 Å². The molecular formula is C33H37N3O8S2. The number of thioether (sulfide) groups is 2. The Hall–Kier alpha value is -4.49. The van der Waals surface area contributed by atoms with Crippen molar-refractivity contribution in [2.45, 2.75) is 38.3 Å². The van der Waals surface area contributed by atoms with Crippen LogP contribution in [0.5, 0.6) is 0 Å². The molecular weight excluding hydrogens is 631 g/mol. The van der Waals surface area contributed by atoms with Gasteiger partial charge in [-0.15, -0.1) is 0 Å². The molecule has 0 aliphatic rings. The molecule has 0 aliphatic heterocycles. The molecule has 0 unspecified atom stereocenters. The number of benzene rings is 3. The molecule has 0 heterocycles. The van der Waals surface area contributed by atoms with Gasteiger partial charge in [0.2, 0.25) is 5.91 Å². The van der Waals surface area contributed by atoms with Crippen molar-refractivity contribution in [2.24, 2.45) is 0 Å². The Morgan fingerprint density at radius 3 is 2.02 bits per heavy atom. The van der Waals surface area contributed by atoms with Crippen molar-refractivity contribution in [1.82, 2.24) is 16.0 Å². The fraction of sp³-hybridized carbons (Fsp3) is 0.303. The number of nitrogens with one attached hydrogen (secondary N) is 3. The standard InChI is InChI=1S/C33H37N3O8S2/c1-42-31(39)27(16-17-45-2)35-29(37)26-15-9-14-25(18-26)19-34-30(38)28(36-32(40)43-20-23-10-5-3-6-11-23)22-46-33(41)44-21-24-12-7-4-8-13-24/h3-15,18,27-28H,16-17,19-22H2,1-2H3,(H,34,38)(H,35,37)(H,36,40)/t27-,28-/m0/s1. The topological polar surface area (TPSA) is 149 Å². The van der Waals surface area contributed by atoms with Crippen LogP contribution in [0.1, 0.15) is 33.5 Å². The number of carbonyl (C=O) groups is 5. The van der Waals surface area contributed by atoms with Gasteiger partial charge in [-0.3, -0.25) is 9.59 Å². The molecule has 3 rings (SSSR count). The van der Waals surface area contributed by atoms with Gasteiger partial charge in [0.05, 0.1) is 7.11 Å². The van der Waals surface area contributed by atoms with Gasteiger partial charge in [0.1, 0.15) is 25.3 Å². The Labute approximate surface area is 276 Å². The highest BCUT2D eigenvalue weighted by Crippen LogP contribution is 2.13. The number of rotatable bonds is 16. The lowest BCUT2D eigenvalue weighted by Crippen LogP contribution is -2.48. The normalized spacial score (nSPS) is 11.8. The first kappa shape index (κ1) is 36.0. The first-order valence-electron chi connectivity index (χ1n) is 14.3. The maximum Gasteiger partial charge on any atom is 0.408 e. The molecule has 0 aromatic heterocycles. The van der Waals surface area contributed by atoms with Crippen LogP contribution in [0.25, 0.3) is 0 Å². The molecule has 2 atom stereocenters. The molecule has 3 N–H and O–H groups in total. The maximum atomic E-state index is 13.2. The molecule has 3 aromatic carbocycles. The number of alkyl carbamates (subject to hydrolysis) is 1. The third-order valence-corrected chi connectivity index (χ3v) is 7.94. The number of hydrogen-bond acceptors (Lipinski definition) is 10. The van der Waals surface area contributed by atoms with Crippen LogP contribution in [0.2, 0.25) is 0 Å². The summed E-state index contributed by atoms with van der Waals surface area (Å²) in [6.07, 6.45) is 1.48. The second-order valence-corrected chi connectivity index (χ2v) is 11.8. The molecule has 13 heteroatoms. The molecule has 0 spiro atoms. The minimum atomic E-state index is -1.14. The summed E-state index contributed by atoms with van der Waals surface area (Å²) in [4.78, 5) is 63.2. The van der Waals surface area contributed by atoms with Crippen molar-refractivity contribution in [3.63, 3.8) is 0 Å². The molecule has 0 saturated carbocycles. The number of amides is 3. The van der Waals surface area contributed by atoms with Gasteiger partial charge >= 0.3 is 17.4 Å². The lowest BCUT2D eigenvalue weighted by Gasteiger charge is -2.18. The average molecular weight is 668 g/mol. The Morgan fingerprint density at radius 2 is 1.39 bits per heavy atom. The zero-order chi connectivity index (χ0) is 33.1. The third kappa shape index (κ3) is 12.9. The first-order valence-corrected chi connectivity index (χ1v) is 16.7. The number of ether oxygens (including phenoxy) is 3. The van der Waals surface area contributed by atoms with E-state index in [2.05, 4.69) is 16.0 Å². The van der Waals surface area contributed by atoms with Crippen LogP contribution in [0.15, 0.2) is 84.9 Å². The minimum Gasteiger partial charge on any atom is -0.467 e. The minimum absolute atomic E-state index is 0.00372. The average Bonchev–Trinajstić information content (AvgIpc) is 3.09. The number of methoxy groups -OCH3 is 1. The first-order chi connectivity index (χ1) is 22.3. The summed E-state index contributed by atoms with van der Waals surface area (Å²) >= 11 is 2.29. The van der Waals surface area contributed by atoms with Crippen molar-refractivity contribution < 1.29 is 38.2 Å². The van der Waals surface area contributed by atoms with Crippen molar-refractivity contribution in [2.75, 3.05) is 24.9 Å². The lowest BCUT2D eigenvalue weighted by atomic mass is 10.1. The monoisotopic (exact) mass is 667 g/mol. The summed E-state index contributed by atoms with van der Waals surface area (Å²) in [7, 11) is 1.27. The molecule has 0 fully saturated rings. The lowest BCUT2D eigenvalue weighted by molar-refractivity contribution is -0.142. The van der Waals surface area contributed by atoms with E-state index in [9.17, 15) is 24.0 Å². The molecule has 244 valence electrons. The van der Waals surface area contributed by atoms with Gasteiger partial charge in [0.15, 0.2) is 0 Å². The Morgan fingerprint density at radius 1 is 0.761 bits per heavy atom. The van der Waals surface area contributed by atoms with Crippen LogP contribution in [0.3, 0.4) is 0 Å². The zero-order valence-corrected chi connectivity index (χ0v) is 27.2. The van der Waals surface area contributed by atoms with Crippen LogP contribution >= 0.6 is 23.5 Å². The van der Waals surface area contributed by atoms with Gasteiger partial charge in [-0.25, -0.2) is 14.4 Å². The SMILES string of the molecule is COC(=O)[C@H](CCSC)NC(=O)c1cccc(CNC(=O)[C@H](CSC(=O)OCc2ccccc2)NC(=O)OCc2ccccc2)c1. The summed E-state index contributed by atoms with van der Waals surface area (Å²) in [5.41, 5.74) is 2.47. The smallest absolute Gasteiger partial charge is 0.408 e. The van der Waals surface area contributed by atoms with Crippen LogP contribution in [-0.4, -0.2) is 66.1 Å². The van der Waals surface area contributed by atoms with Gasteiger partial charge in [0, 0.05) is 17.9 Å². The predicted octanol–water partition coefficient (Wildman–Crippen LogP) is 4.69. The molecule has 3 amide bonds. The predicted molar refractivity (Wildman–Crippen MR) is 177 cm³/mol. The van der Waals surface area contributed by atoms with Crippen LogP contribution in [-0.2, 0) is 43.6 Å². The highest BCUT2D eigenvalue weighted by atomic mass is 32.2. The maximum absolute atomic E-state index is 13.2. The van der Waals surface area contributed by atoms with Crippen molar-refractivity contribution in [1.29, 1.82) is 0 Å². The molecule has 11 nitrogen and oxygen atoms in total. The third-order valence-electron chi connectivity index (χ3n) is 6.45. The summed E-state index contributed by atoms with van der Waals surface area (Å²) in [6, 6.07) is 22.8. The Bertz CT molecular complexity index is 1440. The fourth-order valence-corrected chi connectivity index (χ4v) is 5.15. The molecule has 0 aliphatic carbocycles. The van der Waals surface area contributed by atoms with Gasteiger partial charge in [0.25, 0.3) is 5.91 Å². The fourth-order valence-electron chi connectivity index (χ4n) is 4.00. The van der Waals surface area contributed by atoms with E-state index < -0.39 is 41.3 Å². The summed E-state index contributed by atoms with van der Waals surface area (Å²) in [6.45, 7) is 0.0847.